The van der Waals surface area contributed by atoms with Gasteiger partial charge in [0.05, 0.1) is 16.7 Å². The van der Waals surface area contributed by atoms with E-state index in [9.17, 15) is 10.1 Å². The van der Waals surface area contributed by atoms with Gasteiger partial charge in [-0.25, -0.2) is 5.01 Å². The summed E-state index contributed by atoms with van der Waals surface area (Å²) < 4.78 is 6.24. The van der Waals surface area contributed by atoms with E-state index in [1.165, 1.54) is 12.1 Å². The predicted octanol–water partition coefficient (Wildman–Crippen LogP) is 6.14. The summed E-state index contributed by atoms with van der Waals surface area (Å²) in [4.78, 5) is 10.8. The zero-order valence-electron chi connectivity index (χ0n) is 15.5. The highest BCUT2D eigenvalue weighted by Crippen LogP contribution is 2.48. The fourth-order valence-corrected chi connectivity index (χ4v) is 4.19. The summed E-state index contributed by atoms with van der Waals surface area (Å²) in [5.74, 6) is 0.699. The molecule has 0 fully saturated rings. The fraction of sp³-hybridized carbons (Fsp3) is 0.136. The molecule has 0 aliphatic carbocycles. The summed E-state index contributed by atoms with van der Waals surface area (Å²) in [5.41, 5.74) is 3.47. The number of nitro benzene ring substituents is 1. The normalized spacial score (nSPS) is 19.5. The summed E-state index contributed by atoms with van der Waals surface area (Å²) in [6, 6.07) is 19.4. The third-order valence-electron chi connectivity index (χ3n) is 5.30. The van der Waals surface area contributed by atoms with Crippen LogP contribution in [-0.4, -0.2) is 15.6 Å². The van der Waals surface area contributed by atoms with Crippen molar-refractivity contribution in [1.82, 2.24) is 5.01 Å². The number of nitro groups is 1. The second-order valence-electron chi connectivity index (χ2n) is 7.16. The lowest BCUT2D eigenvalue weighted by atomic mass is 9.96. The van der Waals surface area contributed by atoms with E-state index < -0.39 is 11.2 Å². The number of rotatable bonds is 3. The van der Waals surface area contributed by atoms with Crippen molar-refractivity contribution in [2.75, 3.05) is 0 Å². The van der Waals surface area contributed by atoms with Gasteiger partial charge in [-0.3, -0.25) is 10.1 Å². The maximum Gasteiger partial charge on any atom is 0.269 e. The zero-order chi connectivity index (χ0) is 20.8. The minimum Gasteiger partial charge on any atom is -0.464 e. The smallest absolute Gasteiger partial charge is 0.269 e. The van der Waals surface area contributed by atoms with Crippen molar-refractivity contribution in [1.29, 1.82) is 0 Å². The van der Waals surface area contributed by atoms with Gasteiger partial charge in [-0.2, -0.15) is 5.10 Å². The highest BCUT2D eigenvalue weighted by molar-refractivity contribution is 6.31. The maximum absolute atomic E-state index is 11.3. The fourth-order valence-electron chi connectivity index (χ4n) is 3.89. The molecule has 0 N–H and O–H groups in total. The first-order valence-corrected chi connectivity index (χ1v) is 10.1. The monoisotopic (exact) mass is 439 g/mol. The third kappa shape index (κ3) is 3.28. The number of hydrogen-bond acceptors (Lipinski definition) is 5. The Bertz CT molecular complexity index is 1180. The van der Waals surface area contributed by atoms with Crippen molar-refractivity contribution >= 4 is 34.6 Å². The largest absolute Gasteiger partial charge is 0.464 e. The molecule has 0 amide bonds. The van der Waals surface area contributed by atoms with Gasteiger partial charge in [-0.1, -0.05) is 47.5 Å². The van der Waals surface area contributed by atoms with Crippen LogP contribution in [0.5, 0.6) is 5.75 Å². The van der Waals surface area contributed by atoms with Gasteiger partial charge in [-0.15, -0.1) is 0 Å². The molecule has 6 nitrogen and oxygen atoms in total. The van der Waals surface area contributed by atoms with Gasteiger partial charge in [0, 0.05) is 39.7 Å². The zero-order valence-corrected chi connectivity index (χ0v) is 17.0. The lowest BCUT2D eigenvalue weighted by Crippen LogP contribution is -2.33. The van der Waals surface area contributed by atoms with Crippen LogP contribution in [0.2, 0.25) is 10.0 Å². The molecule has 0 aromatic heterocycles. The first-order chi connectivity index (χ1) is 14.5. The Morgan fingerprint density at radius 3 is 2.57 bits per heavy atom. The summed E-state index contributed by atoms with van der Waals surface area (Å²) in [6.45, 7) is 0. The van der Waals surface area contributed by atoms with Gasteiger partial charge in [-0.05, 0) is 35.9 Å². The molecule has 0 spiro atoms. The van der Waals surface area contributed by atoms with Gasteiger partial charge < -0.3 is 4.74 Å². The number of non-ortho nitro benzene ring substituents is 1. The van der Waals surface area contributed by atoms with Crippen molar-refractivity contribution in [3.63, 3.8) is 0 Å². The standard InChI is InChI=1S/C22H15Cl2N3O3/c23-15-6-4-13(5-7-15)19-12-20-18-11-16(24)8-9-21(18)30-22(26(20)25-19)14-2-1-3-17(10-14)27(28)29/h1-11,20,22H,12H2/t20-,22+/m0/s1. The molecular formula is C22H15Cl2N3O3. The molecule has 0 bridgehead atoms. The number of hydrazone groups is 1. The highest BCUT2D eigenvalue weighted by Gasteiger charge is 2.41. The first-order valence-electron chi connectivity index (χ1n) is 9.32. The van der Waals surface area contributed by atoms with E-state index in [4.69, 9.17) is 33.0 Å². The van der Waals surface area contributed by atoms with Gasteiger partial charge in [0.2, 0.25) is 6.23 Å². The average Bonchev–Trinajstić information content (AvgIpc) is 3.19. The molecule has 0 unspecified atom stereocenters. The summed E-state index contributed by atoms with van der Waals surface area (Å²) in [6.07, 6.45) is 0.0670. The topological polar surface area (TPSA) is 68.0 Å². The minimum atomic E-state index is -0.589. The molecule has 2 aliphatic rings. The minimum absolute atomic E-state index is 0.00987. The van der Waals surface area contributed by atoms with E-state index in [-0.39, 0.29) is 11.7 Å². The molecule has 2 heterocycles. The van der Waals surface area contributed by atoms with Crippen LogP contribution in [0.1, 0.15) is 35.4 Å². The Morgan fingerprint density at radius 1 is 1.03 bits per heavy atom. The Labute approximate surface area is 182 Å². The van der Waals surface area contributed by atoms with E-state index in [2.05, 4.69) is 0 Å². The van der Waals surface area contributed by atoms with Crippen molar-refractivity contribution < 1.29 is 9.66 Å². The molecule has 2 atom stereocenters. The van der Waals surface area contributed by atoms with E-state index in [1.807, 2.05) is 47.5 Å². The summed E-state index contributed by atoms with van der Waals surface area (Å²) >= 11 is 12.3. The number of hydrogen-bond donors (Lipinski definition) is 0. The van der Waals surface area contributed by atoms with E-state index in [0.717, 1.165) is 16.8 Å². The number of benzene rings is 3. The van der Waals surface area contributed by atoms with E-state index in [1.54, 1.807) is 12.1 Å². The van der Waals surface area contributed by atoms with Crippen molar-refractivity contribution in [3.8, 4) is 5.75 Å². The van der Waals surface area contributed by atoms with E-state index >= 15 is 0 Å². The number of halogens is 2. The Balaban J connectivity index is 1.60. The van der Waals surface area contributed by atoms with Crippen LogP contribution in [-0.2, 0) is 0 Å². The van der Waals surface area contributed by atoms with Crippen LogP contribution < -0.4 is 4.74 Å². The summed E-state index contributed by atoms with van der Waals surface area (Å²) in [5, 5.41) is 19.2. The van der Waals surface area contributed by atoms with Crippen LogP contribution in [0.3, 0.4) is 0 Å². The lowest BCUT2D eigenvalue weighted by Gasteiger charge is -2.38. The molecule has 3 aromatic carbocycles. The number of ether oxygens (including phenoxy) is 1. The maximum atomic E-state index is 11.3. The molecule has 8 heteroatoms. The van der Waals surface area contributed by atoms with Gasteiger partial charge in [0.25, 0.3) is 5.69 Å². The second-order valence-corrected chi connectivity index (χ2v) is 8.03. The average molecular weight is 440 g/mol. The molecule has 5 rings (SSSR count). The number of fused-ring (bicyclic) bond motifs is 3. The second kappa shape index (κ2) is 7.31. The van der Waals surface area contributed by atoms with Crippen LogP contribution in [0.25, 0.3) is 0 Å². The van der Waals surface area contributed by atoms with Gasteiger partial charge >= 0.3 is 0 Å². The molecule has 0 saturated heterocycles. The quantitative estimate of drug-likeness (QED) is 0.362. The number of nitrogens with zero attached hydrogens (tertiary/aromatic N) is 3. The molecule has 3 aromatic rings. The molecule has 0 saturated carbocycles. The van der Waals surface area contributed by atoms with Crippen molar-refractivity contribution in [2.45, 2.75) is 18.7 Å². The van der Waals surface area contributed by atoms with Crippen molar-refractivity contribution in [3.05, 3.63) is 104 Å². The predicted molar refractivity (Wildman–Crippen MR) is 115 cm³/mol. The molecule has 2 aliphatic heterocycles. The Hall–Kier alpha value is -3.09. The summed E-state index contributed by atoms with van der Waals surface area (Å²) in [7, 11) is 0. The third-order valence-corrected chi connectivity index (χ3v) is 5.78. The van der Waals surface area contributed by atoms with Crippen LogP contribution in [0, 0.1) is 10.1 Å². The molecule has 30 heavy (non-hydrogen) atoms. The molecular weight excluding hydrogens is 425 g/mol. The SMILES string of the molecule is O=[N+]([O-])c1cccc([C@H]2Oc3ccc(Cl)cc3[C@@H]3CC(c4ccc(Cl)cc4)=NN23)c1. The Morgan fingerprint density at radius 2 is 1.80 bits per heavy atom. The van der Waals surface area contributed by atoms with Crippen LogP contribution in [0.15, 0.2) is 71.8 Å². The lowest BCUT2D eigenvalue weighted by molar-refractivity contribution is -0.385. The van der Waals surface area contributed by atoms with Crippen LogP contribution in [0.4, 0.5) is 5.69 Å². The van der Waals surface area contributed by atoms with Crippen molar-refractivity contribution in [2.24, 2.45) is 5.10 Å². The van der Waals surface area contributed by atoms with E-state index in [0.29, 0.717) is 27.8 Å². The van der Waals surface area contributed by atoms with Crippen LogP contribution >= 0.6 is 23.2 Å². The highest BCUT2D eigenvalue weighted by atomic mass is 35.5. The van der Waals surface area contributed by atoms with Gasteiger partial charge in [0.15, 0.2) is 0 Å². The van der Waals surface area contributed by atoms with Gasteiger partial charge in [0.1, 0.15) is 5.75 Å². The molecule has 0 radical (unpaired) electrons. The molecule has 150 valence electrons. The Kier molecular flexibility index (Phi) is 4.60. The first kappa shape index (κ1) is 18.9.